The summed E-state index contributed by atoms with van der Waals surface area (Å²) in [7, 11) is -0.925. The van der Waals surface area contributed by atoms with E-state index in [-0.39, 0.29) is 13.0 Å². The van der Waals surface area contributed by atoms with Crippen LogP contribution in [0.5, 0.6) is 0 Å². The van der Waals surface area contributed by atoms with E-state index < -0.39 is 22.2 Å². The van der Waals surface area contributed by atoms with Crippen molar-refractivity contribution in [3.8, 4) is 0 Å². The number of carbonyl (C=O) groups excluding carboxylic acids is 1. The summed E-state index contributed by atoms with van der Waals surface area (Å²) >= 11 is 0. The van der Waals surface area contributed by atoms with E-state index in [1.165, 1.54) is 20.4 Å². The lowest BCUT2D eigenvalue weighted by Gasteiger charge is -2.20. The second kappa shape index (κ2) is 8.09. The molecule has 1 aromatic heterocycles. The van der Waals surface area contributed by atoms with E-state index in [0.717, 1.165) is 9.87 Å². The summed E-state index contributed by atoms with van der Waals surface area (Å²) < 4.78 is 32.8. The molecule has 1 aromatic carbocycles. The number of rotatable bonds is 8. The third-order valence-corrected chi connectivity index (χ3v) is 4.93. The lowest BCUT2D eigenvalue weighted by molar-refractivity contribution is -0.123. The molecule has 2 N–H and O–H groups in total. The Kier molecular flexibility index (Phi) is 6.13. The predicted octanol–water partition coefficient (Wildman–Crippen LogP) is 0.903. The molecular weight excluding hydrogens is 330 g/mol. The molecule has 1 atom stereocenters. The number of nitrogens with one attached hydrogen (secondary N) is 2. The monoisotopic (exact) mass is 351 g/mol. The minimum atomic E-state index is -3.74. The maximum Gasteiger partial charge on any atom is 0.279 e. The number of carbonyl (C=O) groups is 1. The average Bonchev–Trinajstić information content (AvgIpc) is 3.06. The van der Waals surface area contributed by atoms with Crippen LogP contribution in [0.1, 0.15) is 11.3 Å². The number of nitrogens with zero attached hydrogens (tertiary/aromatic N) is 1. The van der Waals surface area contributed by atoms with Crippen molar-refractivity contribution in [2.45, 2.75) is 19.0 Å². The van der Waals surface area contributed by atoms with Gasteiger partial charge in [0.1, 0.15) is 11.8 Å². The number of hydrogen-bond donors (Lipinski definition) is 2. The van der Waals surface area contributed by atoms with Gasteiger partial charge in [0, 0.05) is 14.1 Å². The molecule has 130 valence electrons. The van der Waals surface area contributed by atoms with E-state index in [4.69, 9.17) is 4.42 Å². The zero-order valence-electron chi connectivity index (χ0n) is 13.6. The van der Waals surface area contributed by atoms with E-state index in [0.29, 0.717) is 5.76 Å². The summed E-state index contributed by atoms with van der Waals surface area (Å²) in [5.41, 5.74) is 0.858. The topological polar surface area (TPSA) is 91.7 Å². The second-order valence-electron chi connectivity index (χ2n) is 5.44. The first-order valence-corrected chi connectivity index (χ1v) is 8.86. The van der Waals surface area contributed by atoms with Gasteiger partial charge in [-0.2, -0.15) is 17.4 Å². The molecule has 0 radical (unpaired) electrons. The van der Waals surface area contributed by atoms with Crippen LogP contribution in [0.2, 0.25) is 0 Å². The van der Waals surface area contributed by atoms with Crippen molar-refractivity contribution in [1.82, 2.24) is 14.3 Å². The van der Waals surface area contributed by atoms with Crippen LogP contribution in [0.25, 0.3) is 0 Å². The molecule has 0 aliphatic heterocycles. The summed E-state index contributed by atoms with van der Waals surface area (Å²) in [6, 6.07) is 11.8. The van der Waals surface area contributed by atoms with Crippen molar-refractivity contribution >= 4 is 16.1 Å². The molecule has 1 heterocycles. The average molecular weight is 351 g/mol. The zero-order valence-corrected chi connectivity index (χ0v) is 14.4. The third kappa shape index (κ3) is 5.19. The van der Waals surface area contributed by atoms with Crippen molar-refractivity contribution in [1.29, 1.82) is 0 Å². The van der Waals surface area contributed by atoms with Crippen LogP contribution < -0.4 is 10.0 Å². The van der Waals surface area contributed by atoms with Crippen molar-refractivity contribution in [2.75, 3.05) is 14.1 Å². The Morgan fingerprint density at radius 2 is 1.88 bits per heavy atom. The number of furan rings is 1. The van der Waals surface area contributed by atoms with E-state index in [2.05, 4.69) is 10.0 Å². The standard InChI is InChI=1S/C16H21N3O4S/c1-19(2)24(21,22)18-15(11-13-7-4-3-5-8-13)16(20)17-12-14-9-6-10-23-14/h3-10,15,18H,11-12H2,1-2H3,(H,17,20)/t15-/m0/s1. The normalized spacial score (nSPS) is 13.0. The Labute approximate surface area is 141 Å². The summed E-state index contributed by atoms with van der Waals surface area (Å²) in [6.07, 6.45) is 1.76. The van der Waals surface area contributed by atoms with Crippen LogP contribution >= 0.6 is 0 Å². The van der Waals surface area contributed by atoms with Crippen LogP contribution in [0.15, 0.2) is 53.1 Å². The molecule has 0 saturated carbocycles. The molecule has 0 spiro atoms. The second-order valence-corrected chi connectivity index (χ2v) is 7.36. The van der Waals surface area contributed by atoms with Crippen LogP contribution in [0, 0.1) is 0 Å². The largest absolute Gasteiger partial charge is 0.467 e. The van der Waals surface area contributed by atoms with Crippen LogP contribution in [0.4, 0.5) is 0 Å². The van der Waals surface area contributed by atoms with E-state index in [1.807, 2.05) is 30.3 Å². The Morgan fingerprint density at radius 3 is 2.46 bits per heavy atom. The Hall–Kier alpha value is -2.16. The summed E-state index contributed by atoms with van der Waals surface area (Å²) in [5, 5.41) is 2.69. The highest BCUT2D eigenvalue weighted by atomic mass is 32.2. The van der Waals surface area contributed by atoms with E-state index in [1.54, 1.807) is 12.1 Å². The lowest BCUT2D eigenvalue weighted by Crippen LogP contribution is -2.50. The minimum absolute atomic E-state index is 0.195. The van der Waals surface area contributed by atoms with Gasteiger partial charge in [0.25, 0.3) is 10.2 Å². The van der Waals surface area contributed by atoms with Crippen molar-refractivity contribution in [2.24, 2.45) is 0 Å². The molecule has 0 bridgehead atoms. The first-order chi connectivity index (χ1) is 11.4. The fourth-order valence-corrected chi connectivity index (χ4v) is 2.79. The first-order valence-electron chi connectivity index (χ1n) is 7.42. The summed E-state index contributed by atoms with van der Waals surface area (Å²) in [5.74, 6) is 0.179. The smallest absolute Gasteiger partial charge is 0.279 e. The summed E-state index contributed by atoms with van der Waals surface area (Å²) in [4.78, 5) is 12.4. The molecule has 8 heteroatoms. The van der Waals surface area contributed by atoms with Gasteiger partial charge in [-0.15, -0.1) is 0 Å². The fraction of sp³-hybridized carbons (Fsp3) is 0.312. The van der Waals surface area contributed by atoms with Gasteiger partial charge in [-0.25, -0.2) is 0 Å². The van der Waals surface area contributed by atoms with Crippen LogP contribution in [-0.2, 0) is 28.0 Å². The molecule has 7 nitrogen and oxygen atoms in total. The van der Waals surface area contributed by atoms with Gasteiger partial charge < -0.3 is 9.73 Å². The van der Waals surface area contributed by atoms with Gasteiger partial charge in [0.2, 0.25) is 5.91 Å². The minimum Gasteiger partial charge on any atom is -0.467 e. The maximum absolute atomic E-state index is 12.4. The lowest BCUT2D eigenvalue weighted by atomic mass is 10.1. The Morgan fingerprint density at radius 1 is 1.17 bits per heavy atom. The van der Waals surface area contributed by atoms with Crippen molar-refractivity contribution < 1.29 is 17.6 Å². The van der Waals surface area contributed by atoms with Gasteiger partial charge >= 0.3 is 0 Å². The predicted molar refractivity (Wildman–Crippen MR) is 90.2 cm³/mol. The number of hydrogen-bond acceptors (Lipinski definition) is 4. The maximum atomic E-state index is 12.4. The fourth-order valence-electron chi connectivity index (χ4n) is 2.03. The van der Waals surface area contributed by atoms with Crippen LogP contribution in [-0.4, -0.2) is 38.8 Å². The van der Waals surface area contributed by atoms with E-state index >= 15 is 0 Å². The Balaban J connectivity index is 2.10. The van der Waals surface area contributed by atoms with Gasteiger partial charge in [-0.1, -0.05) is 30.3 Å². The highest BCUT2D eigenvalue weighted by Crippen LogP contribution is 2.06. The molecule has 0 unspecified atom stereocenters. The Bertz CT molecular complexity index is 743. The first kappa shape index (κ1) is 18.2. The highest BCUT2D eigenvalue weighted by Gasteiger charge is 2.26. The third-order valence-electron chi connectivity index (χ3n) is 3.39. The molecule has 1 amide bonds. The summed E-state index contributed by atoms with van der Waals surface area (Å²) in [6.45, 7) is 0.195. The number of amides is 1. The van der Waals surface area contributed by atoms with Crippen molar-refractivity contribution in [3.63, 3.8) is 0 Å². The molecule has 2 aromatic rings. The zero-order chi connectivity index (χ0) is 17.6. The molecule has 2 rings (SSSR count). The molecular formula is C16H21N3O4S. The van der Waals surface area contributed by atoms with Crippen LogP contribution in [0.3, 0.4) is 0 Å². The van der Waals surface area contributed by atoms with Crippen molar-refractivity contribution in [3.05, 3.63) is 60.1 Å². The van der Waals surface area contributed by atoms with Gasteiger partial charge in [-0.05, 0) is 24.1 Å². The molecule has 0 fully saturated rings. The molecule has 0 aliphatic carbocycles. The quantitative estimate of drug-likeness (QED) is 0.739. The van der Waals surface area contributed by atoms with Gasteiger partial charge in [0.15, 0.2) is 0 Å². The van der Waals surface area contributed by atoms with Gasteiger partial charge in [-0.3, -0.25) is 4.79 Å². The van der Waals surface area contributed by atoms with Gasteiger partial charge in [0.05, 0.1) is 12.8 Å². The SMILES string of the molecule is CN(C)S(=O)(=O)N[C@@H](Cc1ccccc1)C(=O)NCc1ccco1. The number of benzene rings is 1. The molecule has 0 aliphatic rings. The van der Waals surface area contributed by atoms with E-state index in [9.17, 15) is 13.2 Å². The highest BCUT2D eigenvalue weighted by molar-refractivity contribution is 7.87. The molecule has 24 heavy (non-hydrogen) atoms. The molecule has 0 saturated heterocycles.